The van der Waals surface area contributed by atoms with Crippen molar-refractivity contribution in [3.63, 3.8) is 0 Å². The van der Waals surface area contributed by atoms with E-state index in [0.29, 0.717) is 36.0 Å². The van der Waals surface area contributed by atoms with E-state index >= 15 is 0 Å². The van der Waals surface area contributed by atoms with Crippen LogP contribution in [-0.4, -0.2) is 12.5 Å². The van der Waals surface area contributed by atoms with E-state index in [1.165, 1.54) is 5.56 Å². The Balaban J connectivity index is 1.78. The van der Waals surface area contributed by atoms with Gasteiger partial charge in [-0.3, -0.25) is 4.79 Å². The number of carbonyl (C=O) groups is 1. The van der Waals surface area contributed by atoms with Gasteiger partial charge in [0.25, 0.3) is 5.91 Å². The van der Waals surface area contributed by atoms with Gasteiger partial charge in [-0.1, -0.05) is 42.0 Å². The third kappa shape index (κ3) is 6.47. The number of carbonyl (C=O) groups excluding carboxylic acids is 1. The maximum Gasteiger partial charge on any atom is 0.266 e. The SMILES string of the molecule is CCOc1cc(/C=C(\C#N)C(=O)Nc2ccc(C)c(C)c2)ccc1OCc1cccc(C)c1. The molecule has 3 aromatic rings. The van der Waals surface area contributed by atoms with Crippen molar-refractivity contribution in [2.75, 3.05) is 11.9 Å². The monoisotopic (exact) mass is 440 g/mol. The quantitative estimate of drug-likeness (QED) is 0.338. The maximum atomic E-state index is 12.7. The highest BCUT2D eigenvalue weighted by molar-refractivity contribution is 6.09. The van der Waals surface area contributed by atoms with Gasteiger partial charge in [0.05, 0.1) is 6.61 Å². The van der Waals surface area contributed by atoms with Gasteiger partial charge >= 0.3 is 0 Å². The Morgan fingerprint density at radius 3 is 2.48 bits per heavy atom. The Labute approximate surface area is 195 Å². The van der Waals surface area contributed by atoms with E-state index in [1.54, 1.807) is 24.3 Å². The van der Waals surface area contributed by atoms with Crippen LogP contribution in [0.25, 0.3) is 6.08 Å². The number of nitrogens with zero attached hydrogens (tertiary/aromatic N) is 1. The molecule has 0 saturated heterocycles. The molecule has 168 valence electrons. The lowest BCUT2D eigenvalue weighted by molar-refractivity contribution is -0.112. The van der Waals surface area contributed by atoms with Crippen LogP contribution in [0, 0.1) is 32.1 Å². The minimum atomic E-state index is -0.460. The summed E-state index contributed by atoms with van der Waals surface area (Å²) in [4.78, 5) is 12.7. The van der Waals surface area contributed by atoms with Crippen LogP contribution < -0.4 is 14.8 Å². The lowest BCUT2D eigenvalue weighted by Crippen LogP contribution is -2.13. The molecule has 3 rings (SSSR count). The minimum absolute atomic E-state index is 0.00380. The molecule has 0 atom stereocenters. The molecule has 5 heteroatoms. The molecule has 0 aliphatic rings. The van der Waals surface area contributed by atoms with Crippen molar-refractivity contribution in [3.8, 4) is 17.6 Å². The molecule has 1 amide bonds. The minimum Gasteiger partial charge on any atom is -0.490 e. The summed E-state index contributed by atoms with van der Waals surface area (Å²) in [5.74, 6) is 0.706. The van der Waals surface area contributed by atoms with Gasteiger partial charge in [-0.2, -0.15) is 5.26 Å². The smallest absolute Gasteiger partial charge is 0.266 e. The molecule has 0 aromatic heterocycles. The van der Waals surface area contributed by atoms with E-state index in [1.807, 2.05) is 70.2 Å². The van der Waals surface area contributed by atoms with E-state index in [9.17, 15) is 10.1 Å². The summed E-state index contributed by atoms with van der Waals surface area (Å²) in [6, 6.07) is 21.1. The van der Waals surface area contributed by atoms with E-state index in [0.717, 1.165) is 16.7 Å². The van der Waals surface area contributed by atoms with Crippen LogP contribution in [0.15, 0.2) is 66.2 Å². The summed E-state index contributed by atoms with van der Waals surface area (Å²) in [6.45, 7) is 8.80. The Hall–Kier alpha value is -4.04. The summed E-state index contributed by atoms with van der Waals surface area (Å²) in [6.07, 6.45) is 1.54. The number of benzene rings is 3. The van der Waals surface area contributed by atoms with Crippen LogP contribution in [0.4, 0.5) is 5.69 Å². The molecule has 0 heterocycles. The van der Waals surface area contributed by atoms with Crippen molar-refractivity contribution in [2.45, 2.75) is 34.3 Å². The second-order valence-electron chi connectivity index (χ2n) is 7.84. The molecule has 3 aromatic carbocycles. The van der Waals surface area contributed by atoms with Crippen LogP contribution in [0.3, 0.4) is 0 Å². The molecule has 5 nitrogen and oxygen atoms in total. The lowest BCUT2D eigenvalue weighted by atomic mass is 10.1. The topological polar surface area (TPSA) is 71.3 Å². The molecular formula is C28H28N2O3. The third-order valence-corrected chi connectivity index (χ3v) is 5.19. The highest BCUT2D eigenvalue weighted by atomic mass is 16.5. The van der Waals surface area contributed by atoms with Gasteiger partial charge in [-0.15, -0.1) is 0 Å². The second kappa shape index (κ2) is 11.0. The Morgan fingerprint density at radius 1 is 0.970 bits per heavy atom. The van der Waals surface area contributed by atoms with Gasteiger partial charge in [-0.25, -0.2) is 0 Å². The van der Waals surface area contributed by atoms with Crippen molar-refractivity contribution in [2.24, 2.45) is 0 Å². The molecular weight excluding hydrogens is 412 g/mol. The number of amides is 1. The average Bonchev–Trinajstić information content (AvgIpc) is 2.79. The summed E-state index contributed by atoms with van der Waals surface area (Å²) in [5.41, 5.74) is 5.77. The molecule has 1 N–H and O–H groups in total. The van der Waals surface area contributed by atoms with Crippen LogP contribution in [0.1, 0.15) is 34.7 Å². The number of ether oxygens (including phenoxy) is 2. The predicted molar refractivity (Wildman–Crippen MR) is 131 cm³/mol. The first-order chi connectivity index (χ1) is 15.9. The van der Waals surface area contributed by atoms with Gasteiger partial charge in [0, 0.05) is 5.69 Å². The molecule has 0 unspecified atom stereocenters. The van der Waals surface area contributed by atoms with Gasteiger partial charge in [0.15, 0.2) is 11.5 Å². The van der Waals surface area contributed by atoms with Gasteiger partial charge in [0.2, 0.25) is 0 Å². The molecule has 0 aliphatic carbocycles. The highest BCUT2D eigenvalue weighted by Gasteiger charge is 2.12. The number of rotatable bonds is 8. The molecule has 0 saturated carbocycles. The summed E-state index contributed by atoms with van der Waals surface area (Å²) >= 11 is 0. The van der Waals surface area contributed by atoms with Crippen molar-refractivity contribution in [1.82, 2.24) is 0 Å². The number of anilines is 1. The van der Waals surface area contributed by atoms with E-state index in [4.69, 9.17) is 9.47 Å². The van der Waals surface area contributed by atoms with Crippen molar-refractivity contribution in [1.29, 1.82) is 5.26 Å². The first kappa shape index (κ1) is 23.6. The van der Waals surface area contributed by atoms with Crippen molar-refractivity contribution >= 4 is 17.7 Å². The average molecular weight is 441 g/mol. The molecule has 0 fully saturated rings. The van der Waals surface area contributed by atoms with Crippen molar-refractivity contribution < 1.29 is 14.3 Å². The van der Waals surface area contributed by atoms with Gasteiger partial charge in [-0.05, 0) is 80.3 Å². The highest BCUT2D eigenvalue weighted by Crippen LogP contribution is 2.30. The third-order valence-electron chi connectivity index (χ3n) is 5.19. The molecule has 0 aliphatic heterocycles. The number of hydrogen-bond donors (Lipinski definition) is 1. The number of nitrogens with one attached hydrogen (secondary N) is 1. The van der Waals surface area contributed by atoms with Crippen LogP contribution >= 0.6 is 0 Å². The lowest BCUT2D eigenvalue weighted by Gasteiger charge is -2.13. The fourth-order valence-corrected chi connectivity index (χ4v) is 3.30. The Morgan fingerprint density at radius 2 is 1.79 bits per heavy atom. The summed E-state index contributed by atoms with van der Waals surface area (Å²) in [7, 11) is 0. The molecule has 0 bridgehead atoms. The largest absolute Gasteiger partial charge is 0.490 e. The standard InChI is InChI=1S/C28H28N2O3/c1-5-32-27-16-22(10-12-26(27)33-18-23-8-6-7-19(2)13-23)15-24(17-29)28(31)30-25-11-9-20(3)21(4)14-25/h6-16H,5,18H2,1-4H3,(H,30,31)/b24-15+. The van der Waals surface area contributed by atoms with Crippen molar-refractivity contribution in [3.05, 3.63) is 94.1 Å². The molecule has 0 spiro atoms. The van der Waals surface area contributed by atoms with E-state index in [-0.39, 0.29) is 5.57 Å². The predicted octanol–water partition coefficient (Wildman–Crippen LogP) is 6.14. The fraction of sp³-hybridized carbons (Fsp3) is 0.214. The van der Waals surface area contributed by atoms with Gasteiger partial charge in [0.1, 0.15) is 18.2 Å². The van der Waals surface area contributed by atoms with Crippen LogP contribution in [0.5, 0.6) is 11.5 Å². The van der Waals surface area contributed by atoms with E-state index < -0.39 is 5.91 Å². The zero-order valence-electron chi connectivity index (χ0n) is 19.4. The first-order valence-electron chi connectivity index (χ1n) is 10.8. The van der Waals surface area contributed by atoms with Crippen LogP contribution in [0.2, 0.25) is 0 Å². The Kier molecular flexibility index (Phi) is 7.88. The number of hydrogen-bond acceptors (Lipinski definition) is 4. The first-order valence-corrected chi connectivity index (χ1v) is 10.8. The number of nitriles is 1. The van der Waals surface area contributed by atoms with Gasteiger partial charge < -0.3 is 14.8 Å². The second-order valence-corrected chi connectivity index (χ2v) is 7.84. The fourth-order valence-electron chi connectivity index (χ4n) is 3.30. The summed E-state index contributed by atoms with van der Waals surface area (Å²) < 4.78 is 11.7. The molecule has 33 heavy (non-hydrogen) atoms. The zero-order chi connectivity index (χ0) is 23.8. The Bertz CT molecular complexity index is 1220. The van der Waals surface area contributed by atoms with Crippen LogP contribution in [-0.2, 0) is 11.4 Å². The number of aryl methyl sites for hydroxylation is 3. The molecule has 0 radical (unpaired) electrons. The normalized spacial score (nSPS) is 10.9. The van der Waals surface area contributed by atoms with E-state index in [2.05, 4.69) is 11.4 Å². The maximum absolute atomic E-state index is 12.7. The zero-order valence-corrected chi connectivity index (χ0v) is 19.4. The summed E-state index contributed by atoms with van der Waals surface area (Å²) in [5, 5.41) is 12.3.